The molecule has 3 N–H and O–H groups in total. The van der Waals surface area contributed by atoms with Gasteiger partial charge in [0.1, 0.15) is 6.61 Å². The lowest BCUT2D eigenvalue weighted by Crippen LogP contribution is -2.33. The molecule has 0 saturated heterocycles. The van der Waals surface area contributed by atoms with Gasteiger partial charge in [0.25, 0.3) is 0 Å². The van der Waals surface area contributed by atoms with Crippen LogP contribution < -0.4 is 0 Å². The average Bonchev–Trinajstić information content (AvgIpc) is 2.33. The van der Waals surface area contributed by atoms with Crippen molar-refractivity contribution in [3.63, 3.8) is 0 Å². The molecule has 17 heavy (non-hydrogen) atoms. The summed E-state index contributed by atoms with van der Waals surface area (Å²) in [6.07, 6.45) is 1.73. The maximum absolute atomic E-state index is 11.3. The molecule has 0 aliphatic carbocycles. The molecule has 0 heterocycles. The summed E-state index contributed by atoms with van der Waals surface area (Å²) in [6, 6.07) is 0. The molecule has 0 bridgehead atoms. The first-order valence-corrected chi connectivity index (χ1v) is 6.03. The van der Waals surface area contributed by atoms with Gasteiger partial charge in [-0.25, -0.2) is 0 Å². The van der Waals surface area contributed by atoms with Gasteiger partial charge in [-0.1, -0.05) is 26.7 Å². The number of aliphatic hydroxyl groups excluding tert-OH is 3. The van der Waals surface area contributed by atoms with Gasteiger partial charge in [0, 0.05) is 5.41 Å². The largest absolute Gasteiger partial charge is 0.465 e. The molecule has 5 nitrogen and oxygen atoms in total. The standard InChI is InChI=1S/C12H24O5/c1-3-4-5-10(15)6-11(16)17-9-12(2,7-13)8-14/h10,13-15H,3-9H2,1-2H3. The van der Waals surface area contributed by atoms with Gasteiger partial charge in [-0.2, -0.15) is 0 Å². The molecule has 0 amide bonds. The predicted octanol–water partition coefficient (Wildman–Crippen LogP) is 0.462. The zero-order chi connectivity index (χ0) is 13.3. The van der Waals surface area contributed by atoms with E-state index in [-0.39, 0.29) is 26.2 Å². The van der Waals surface area contributed by atoms with Gasteiger partial charge in [-0.05, 0) is 6.42 Å². The SMILES string of the molecule is CCCCC(O)CC(=O)OCC(C)(CO)CO. The summed E-state index contributed by atoms with van der Waals surface area (Å²) in [6.45, 7) is 3.08. The van der Waals surface area contributed by atoms with Crippen LogP contribution in [0.1, 0.15) is 39.5 Å². The highest BCUT2D eigenvalue weighted by Gasteiger charge is 2.25. The molecular formula is C12H24O5. The molecule has 1 atom stereocenters. The Hall–Kier alpha value is -0.650. The molecule has 1 unspecified atom stereocenters. The quantitative estimate of drug-likeness (QED) is 0.516. The highest BCUT2D eigenvalue weighted by atomic mass is 16.5. The van der Waals surface area contributed by atoms with Gasteiger partial charge in [-0.15, -0.1) is 0 Å². The first-order chi connectivity index (χ1) is 7.97. The van der Waals surface area contributed by atoms with Crippen LogP contribution in [-0.4, -0.2) is 47.2 Å². The minimum absolute atomic E-state index is 0.0348. The Morgan fingerprint density at radius 2 is 1.94 bits per heavy atom. The Morgan fingerprint density at radius 1 is 1.35 bits per heavy atom. The van der Waals surface area contributed by atoms with Gasteiger partial charge in [0.2, 0.25) is 0 Å². The number of unbranched alkanes of at least 4 members (excludes halogenated alkanes) is 1. The van der Waals surface area contributed by atoms with E-state index in [9.17, 15) is 9.90 Å². The second-order valence-electron chi connectivity index (χ2n) is 4.79. The third-order valence-corrected chi connectivity index (χ3v) is 2.64. The van der Waals surface area contributed by atoms with Gasteiger partial charge in [0.05, 0.1) is 25.7 Å². The maximum atomic E-state index is 11.3. The van der Waals surface area contributed by atoms with E-state index in [2.05, 4.69) is 0 Å². The summed E-state index contributed by atoms with van der Waals surface area (Å²) in [7, 11) is 0. The lowest BCUT2D eigenvalue weighted by atomic mass is 9.94. The van der Waals surface area contributed by atoms with Crippen molar-refractivity contribution < 1.29 is 24.9 Å². The molecule has 0 fully saturated rings. The topological polar surface area (TPSA) is 87.0 Å². The molecule has 0 aromatic carbocycles. The number of ether oxygens (including phenoxy) is 1. The van der Waals surface area contributed by atoms with Crippen LogP contribution in [0.3, 0.4) is 0 Å². The van der Waals surface area contributed by atoms with Crippen LogP contribution in [0.25, 0.3) is 0 Å². The molecule has 0 aromatic rings. The first-order valence-electron chi connectivity index (χ1n) is 6.03. The summed E-state index contributed by atoms with van der Waals surface area (Å²) >= 11 is 0. The Bertz CT molecular complexity index is 213. The van der Waals surface area contributed by atoms with Crippen molar-refractivity contribution in [1.82, 2.24) is 0 Å². The number of aliphatic hydroxyl groups is 3. The van der Waals surface area contributed by atoms with E-state index in [4.69, 9.17) is 14.9 Å². The second-order valence-corrected chi connectivity index (χ2v) is 4.79. The van der Waals surface area contributed by atoms with Gasteiger partial charge in [0.15, 0.2) is 0 Å². The van der Waals surface area contributed by atoms with E-state index in [1.54, 1.807) is 6.92 Å². The van der Waals surface area contributed by atoms with Crippen molar-refractivity contribution in [1.29, 1.82) is 0 Å². The first kappa shape index (κ1) is 16.4. The van der Waals surface area contributed by atoms with E-state index in [1.165, 1.54) is 0 Å². The van der Waals surface area contributed by atoms with Crippen molar-refractivity contribution >= 4 is 5.97 Å². The molecular weight excluding hydrogens is 224 g/mol. The van der Waals surface area contributed by atoms with Crippen LogP contribution >= 0.6 is 0 Å². The van der Waals surface area contributed by atoms with Crippen LogP contribution in [0, 0.1) is 5.41 Å². The number of hydrogen-bond acceptors (Lipinski definition) is 5. The minimum atomic E-state index is -0.815. The zero-order valence-electron chi connectivity index (χ0n) is 10.7. The fourth-order valence-electron chi connectivity index (χ4n) is 1.19. The lowest BCUT2D eigenvalue weighted by Gasteiger charge is -2.24. The van der Waals surface area contributed by atoms with E-state index in [1.807, 2.05) is 6.92 Å². The van der Waals surface area contributed by atoms with Crippen LogP contribution in [0.5, 0.6) is 0 Å². The third-order valence-electron chi connectivity index (χ3n) is 2.64. The number of esters is 1. The molecule has 0 saturated carbocycles. The highest BCUT2D eigenvalue weighted by Crippen LogP contribution is 2.15. The second kappa shape index (κ2) is 8.44. The van der Waals surface area contributed by atoms with Crippen LogP contribution in [-0.2, 0) is 9.53 Å². The molecule has 0 rings (SSSR count). The molecule has 0 aromatic heterocycles. The number of carbonyl (C=O) groups is 1. The average molecular weight is 248 g/mol. The summed E-state index contributed by atoms with van der Waals surface area (Å²) in [4.78, 5) is 11.3. The Balaban J connectivity index is 3.86. The zero-order valence-corrected chi connectivity index (χ0v) is 10.7. The van der Waals surface area contributed by atoms with Crippen LogP contribution in [0.15, 0.2) is 0 Å². The van der Waals surface area contributed by atoms with Crippen molar-refractivity contribution in [3.8, 4) is 0 Å². The van der Waals surface area contributed by atoms with Crippen molar-refractivity contribution in [2.45, 2.75) is 45.6 Å². The monoisotopic (exact) mass is 248 g/mol. The van der Waals surface area contributed by atoms with E-state index < -0.39 is 17.5 Å². The number of carbonyl (C=O) groups excluding carboxylic acids is 1. The third kappa shape index (κ3) is 7.31. The van der Waals surface area contributed by atoms with E-state index >= 15 is 0 Å². The Morgan fingerprint density at radius 3 is 2.41 bits per heavy atom. The fraction of sp³-hybridized carbons (Fsp3) is 0.917. The van der Waals surface area contributed by atoms with E-state index in [0.717, 1.165) is 12.8 Å². The summed E-state index contributed by atoms with van der Waals surface area (Å²) in [5, 5.41) is 27.5. The van der Waals surface area contributed by atoms with Crippen molar-refractivity contribution in [3.05, 3.63) is 0 Å². The smallest absolute Gasteiger partial charge is 0.308 e. The summed E-state index contributed by atoms with van der Waals surface area (Å²) in [5.74, 6) is -0.498. The lowest BCUT2D eigenvalue weighted by molar-refractivity contribution is -0.151. The maximum Gasteiger partial charge on any atom is 0.308 e. The predicted molar refractivity (Wildman–Crippen MR) is 63.4 cm³/mol. The van der Waals surface area contributed by atoms with Gasteiger partial charge < -0.3 is 20.1 Å². The van der Waals surface area contributed by atoms with Gasteiger partial charge in [-0.3, -0.25) is 4.79 Å². The normalized spacial score (nSPS) is 13.5. The summed E-state index contributed by atoms with van der Waals surface area (Å²) in [5.41, 5.74) is -0.815. The molecule has 0 radical (unpaired) electrons. The van der Waals surface area contributed by atoms with Crippen LogP contribution in [0.4, 0.5) is 0 Å². The molecule has 102 valence electrons. The van der Waals surface area contributed by atoms with Crippen molar-refractivity contribution in [2.75, 3.05) is 19.8 Å². The van der Waals surface area contributed by atoms with Gasteiger partial charge >= 0.3 is 5.97 Å². The molecule has 0 spiro atoms. The molecule has 5 heteroatoms. The molecule has 0 aliphatic heterocycles. The molecule has 0 aliphatic rings. The highest BCUT2D eigenvalue weighted by molar-refractivity contribution is 5.69. The summed E-state index contributed by atoms with van der Waals surface area (Å²) < 4.78 is 4.92. The number of hydrogen-bond donors (Lipinski definition) is 3. The Kier molecular flexibility index (Phi) is 8.12. The number of rotatable bonds is 9. The Labute approximate surface area is 102 Å². The van der Waals surface area contributed by atoms with E-state index in [0.29, 0.717) is 6.42 Å². The fourth-order valence-corrected chi connectivity index (χ4v) is 1.19. The van der Waals surface area contributed by atoms with Crippen molar-refractivity contribution in [2.24, 2.45) is 5.41 Å². The minimum Gasteiger partial charge on any atom is -0.465 e. The van der Waals surface area contributed by atoms with Crippen LogP contribution in [0.2, 0.25) is 0 Å².